The van der Waals surface area contributed by atoms with E-state index in [1.807, 2.05) is 11.9 Å². The maximum Gasteiger partial charge on any atom is 0.102 e. The van der Waals surface area contributed by atoms with E-state index in [1.165, 1.54) is 0 Å². The molecule has 1 rings (SSSR count). The first-order chi connectivity index (χ1) is 5.29. The fourth-order valence-electron chi connectivity index (χ4n) is 1.48. The smallest absolute Gasteiger partial charge is 0.102 e. The van der Waals surface area contributed by atoms with Crippen molar-refractivity contribution >= 4 is 0 Å². The molecule has 1 heterocycles. The van der Waals surface area contributed by atoms with Gasteiger partial charge in [0.05, 0.1) is 0 Å². The lowest BCUT2D eigenvalue weighted by Gasteiger charge is -2.10. The maximum atomic E-state index is 8.73. The van der Waals surface area contributed by atoms with E-state index in [4.69, 9.17) is 10.2 Å². The number of hydrogen-bond acceptors (Lipinski definition) is 4. The molecule has 3 N–H and O–H groups in total. The molecule has 1 saturated heterocycles. The summed E-state index contributed by atoms with van der Waals surface area (Å²) < 4.78 is 0. The molecule has 0 spiro atoms. The van der Waals surface area contributed by atoms with E-state index in [9.17, 15) is 0 Å². The molecule has 1 aliphatic rings. The highest BCUT2D eigenvalue weighted by molar-refractivity contribution is 4.96. The standard InChI is InChI=1S/C7H16N2O2/c1-2-9-7(8-9,3-5-10)4-6-11/h8,10-11H,2-6H2,1H3. The van der Waals surface area contributed by atoms with Crippen molar-refractivity contribution in [3.8, 4) is 0 Å². The molecule has 1 aliphatic heterocycles. The molecular formula is C7H16N2O2. The second kappa shape index (κ2) is 3.49. The van der Waals surface area contributed by atoms with Gasteiger partial charge in [0.25, 0.3) is 0 Å². The Morgan fingerprint density at radius 2 is 1.82 bits per heavy atom. The van der Waals surface area contributed by atoms with E-state index >= 15 is 0 Å². The molecule has 1 atom stereocenters. The largest absolute Gasteiger partial charge is 0.396 e. The minimum Gasteiger partial charge on any atom is -0.396 e. The summed E-state index contributed by atoms with van der Waals surface area (Å²) in [6.07, 6.45) is 1.39. The van der Waals surface area contributed by atoms with Gasteiger partial charge in [0, 0.05) is 32.6 Å². The van der Waals surface area contributed by atoms with Gasteiger partial charge in [-0.3, -0.25) is 0 Å². The Bertz CT molecular complexity index is 124. The Hall–Kier alpha value is -0.160. The zero-order valence-electron chi connectivity index (χ0n) is 6.88. The van der Waals surface area contributed by atoms with E-state index in [0.29, 0.717) is 12.8 Å². The zero-order chi connectivity index (χ0) is 8.32. The van der Waals surface area contributed by atoms with Crippen LogP contribution in [0.1, 0.15) is 19.8 Å². The predicted octanol–water partition coefficient (Wildman–Crippen LogP) is -0.712. The summed E-state index contributed by atoms with van der Waals surface area (Å²) in [4.78, 5) is 0. The van der Waals surface area contributed by atoms with Crippen molar-refractivity contribution < 1.29 is 10.2 Å². The second-order valence-electron chi connectivity index (χ2n) is 2.83. The minimum atomic E-state index is -0.0990. The number of hydrazine groups is 1. The molecular weight excluding hydrogens is 144 g/mol. The Morgan fingerprint density at radius 3 is 2.09 bits per heavy atom. The number of nitrogens with zero attached hydrogens (tertiary/aromatic N) is 1. The molecule has 0 aromatic carbocycles. The summed E-state index contributed by atoms with van der Waals surface area (Å²) in [7, 11) is 0. The highest BCUT2D eigenvalue weighted by Gasteiger charge is 2.49. The lowest BCUT2D eigenvalue weighted by atomic mass is 10.1. The SMILES string of the molecule is CCN1NC1(CCO)CCO. The van der Waals surface area contributed by atoms with Crippen molar-refractivity contribution in [1.82, 2.24) is 10.4 Å². The average Bonchev–Trinajstić information content (AvgIpc) is 2.65. The van der Waals surface area contributed by atoms with Gasteiger partial charge in [-0.05, 0) is 0 Å². The lowest BCUT2D eigenvalue weighted by molar-refractivity contribution is 0.208. The highest BCUT2D eigenvalue weighted by Crippen LogP contribution is 2.31. The summed E-state index contributed by atoms with van der Waals surface area (Å²) >= 11 is 0. The molecule has 1 fully saturated rings. The van der Waals surface area contributed by atoms with Crippen molar-refractivity contribution in [3.05, 3.63) is 0 Å². The summed E-state index contributed by atoms with van der Waals surface area (Å²) in [5.74, 6) is 0. The summed E-state index contributed by atoms with van der Waals surface area (Å²) in [6.45, 7) is 3.30. The highest BCUT2D eigenvalue weighted by atomic mass is 16.3. The normalized spacial score (nSPS) is 27.0. The van der Waals surface area contributed by atoms with Crippen molar-refractivity contribution in [1.29, 1.82) is 0 Å². The first-order valence-electron chi connectivity index (χ1n) is 4.06. The average molecular weight is 160 g/mol. The quantitative estimate of drug-likeness (QED) is 0.465. The monoisotopic (exact) mass is 160 g/mol. The van der Waals surface area contributed by atoms with Crippen LogP contribution in [-0.4, -0.2) is 40.6 Å². The summed E-state index contributed by atoms with van der Waals surface area (Å²) in [6, 6.07) is 0. The molecule has 0 saturated carbocycles. The molecule has 0 radical (unpaired) electrons. The Balaban J connectivity index is 2.35. The fraction of sp³-hybridized carbons (Fsp3) is 1.00. The van der Waals surface area contributed by atoms with Gasteiger partial charge >= 0.3 is 0 Å². The van der Waals surface area contributed by atoms with Crippen molar-refractivity contribution in [3.63, 3.8) is 0 Å². The van der Waals surface area contributed by atoms with Crippen LogP contribution in [-0.2, 0) is 0 Å². The van der Waals surface area contributed by atoms with Gasteiger partial charge in [0.1, 0.15) is 5.66 Å². The van der Waals surface area contributed by atoms with E-state index < -0.39 is 0 Å². The maximum absolute atomic E-state index is 8.73. The first kappa shape index (κ1) is 8.93. The van der Waals surface area contributed by atoms with Crippen LogP contribution >= 0.6 is 0 Å². The molecule has 0 amide bonds. The minimum absolute atomic E-state index is 0.0990. The third-order valence-electron chi connectivity index (χ3n) is 2.18. The van der Waals surface area contributed by atoms with E-state index in [-0.39, 0.29) is 18.9 Å². The van der Waals surface area contributed by atoms with Crippen LogP contribution < -0.4 is 5.43 Å². The van der Waals surface area contributed by atoms with Gasteiger partial charge in [-0.25, -0.2) is 10.4 Å². The summed E-state index contributed by atoms with van der Waals surface area (Å²) in [5, 5.41) is 19.5. The van der Waals surface area contributed by atoms with Crippen LogP contribution in [0.5, 0.6) is 0 Å². The fourth-order valence-corrected chi connectivity index (χ4v) is 1.48. The molecule has 4 nitrogen and oxygen atoms in total. The van der Waals surface area contributed by atoms with Crippen LogP contribution in [0.3, 0.4) is 0 Å². The number of aliphatic hydroxyl groups excluding tert-OH is 2. The van der Waals surface area contributed by atoms with E-state index in [0.717, 1.165) is 6.54 Å². The molecule has 1 unspecified atom stereocenters. The van der Waals surface area contributed by atoms with Crippen molar-refractivity contribution in [2.75, 3.05) is 19.8 Å². The van der Waals surface area contributed by atoms with Gasteiger partial charge in [0.15, 0.2) is 0 Å². The van der Waals surface area contributed by atoms with Crippen LogP contribution in [0.25, 0.3) is 0 Å². The van der Waals surface area contributed by atoms with Crippen LogP contribution in [0.4, 0.5) is 0 Å². The van der Waals surface area contributed by atoms with Gasteiger partial charge in [0.2, 0.25) is 0 Å². The van der Waals surface area contributed by atoms with Gasteiger partial charge in [-0.2, -0.15) is 0 Å². The molecule has 0 aromatic heterocycles. The Labute approximate surface area is 66.8 Å². The predicted molar refractivity (Wildman–Crippen MR) is 41.7 cm³/mol. The van der Waals surface area contributed by atoms with Crippen LogP contribution in [0, 0.1) is 0 Å². The number of rotatable bonds is 5. The van der Waals surface area contributed by atoms with E-state index in [1.54, 1.807) is 0 Å². The number of hydrogen-bond donors (Lipinski definition) is 3. The first-order valence-corrected chi connectivity index (χ1v) is 4.06. The van der Waals surface area contributed by atoms with Gasteiger partial charge in [-0.15, -0.1) is 0 Å². The number of nitrogens with one attached hydrogen (secondary N) is 1. The third kappa shape index (κ3) is 1.70. The second-order valence-corrected chi connectivity index (χ2v) is 2.83. The van der Waals surface area contributed by atoms with E-state index in [2.05, 4.69) is 5.43 Å². The molecule has 0 bridgehead atoms. The third-order valence-corrected chi connectivity index (χ3v) is 2.18. The van der Waals surface area contributed by atoms with Crippen molar-refractivity contribution in [2.45, 2.75) is 25.4 Å². The van der Waals surface area contributed by atoms with Crippen molar-refractivity contribution in [2.24, 2.45) is 0 Å². The molecule has 66 valence electrons. The molecule has 4 heteroatoms. The molecule has 11 heavy (non-hydrogen) atoms. The molecule has 0 aliphatic carbocycles. The van der Waals surface area contributed by atoms with Gasteiger partial charge < -0.3 is 10.2 Å². The van der Waals surface area contributed by atoms with Gasteiger partial charge in [-0.1, -0.05) is 6.92 Å². The summed E-state index contributed by atoms with van der Waals surface area (Å²) in [5.41, 5.74) is 3.05. The topological polar surface area (TPSA) is 65.4 Å². The molecule has 0 aromatic rings. The van der Waals surface area contributed by atoms with Crippen LogP contribution in [0.2, 0.25) is 0 Å². The van der Waals surface area contributed by atoms with Crippen LogP contribution in [0.15, 0.2) is 0 Å². The lowest BCUT2D eigenvalue weighted by Crippen LogP contribution is -2.22. The number of aliphatic hydroxyl groups is 2. The zero-order valence-corrected chi connectivity index (χ0v) is 6.88. The Morgan fingerprint density at radius 1 is 1.27 bits per heavy atom. The Kier molecular flexibility index (Phi) is 2.84.